The molecule has 0 saturated carbocycles. The molecular weight excluding hydrogens is 271 g/mol. The Balaban J connectivity index is 2.12. The Hall–Kier alpha value is -1.05. The van der Waals surface area contributed by atoms with Crippen LogP contribution in [0.4, 0.5) is 0 Å². The second-order valence-electron chi connectivity index (χ2n) is 6.35. The summed E-state index contributed by atoms with van der Waals surface area (Å²) in [5, 5.41) is 7.05. The fraction of sp³-hybridized carbons (Fsp3) is 0.786. The molecule has 0 aromatic carbocycles. The van der Waals surface area contributed by atoms with Gasteiger partial charge in [-0.2, -0.15) is 0 Å². The summed E-state index contributed by atoms with van der Waals surface area (Å²) in [6.07, 6.45) is 0.894. The van der Waals surface area contributed by atoms with Crippen LogP contribution in [0.5, 0.6) is 5.88 Å². The van der Waals surface area contributed by atoms with E-state index in [1.807, 2.05) is 41.7 Å². The van der Waals surface area contributed by atoms with Crippen molar-refractivity contribution in [3.8, 4) is 5.88 Å². The summed E-state index contributed by atoms with van der Waals surface area (Å²) < 4.78 is 23.0. The summed E-state index contributed by atoms with van der Waals surface area (Å²) in [6, 6.07) is 0. The molecule has 0 spiro atoms. The molecule has 0 amide bonds. The normalized spacial score (nSPS) is 20.0. The minimum absolute atomic E-state index is 0.398. The lowest BCUT2D eigenvalue weighted by Crippen LogP contribution is -2.41. The molecule has 1 aliphatic rings. The van der Waals surface area contributed by atoms with Crippen LogP contribution in [0.3, 0.4) is 0 Å². The zero-order valence-corrected chi connectivity index (χ0v) is 13.8. The second kappa shape index (κ2) is 5.98. The first-order valence-electron chi connectivity index (χ1n) is 7.37. The van der Waals surface area contributed by atoms with Crippen molar-refractivity contribution in [3.63, 3.8) is 0 Å². The molecule has 0 bridgehead atoms. The molecule has 0 radical (unpaired) electrons. The van der Waals surface area contributed by atoms with Gasteiger partial charge in [-0.3, -0.25) is 0 Å². The molecule has 1 N–H and O–H groups in total. The minimum atomic E-state index is -0.513. The number of nitrogens with zero attached hydrogens (tertiary/aromatic N) is 1. The van der Waals surface area contributed by atoms with Gasteiger partial charge < -0.3 is 23.9 Å². The van der Waals surface area contributed by atoms with Crippen molar-refractivity contribution in [3.05, 3.63) is 5.76 Å². The molecule has 21 heavy (non-hydrogen) atoms. The van der Waals surface area contributed by atoms with E-state index in [1.54, 1.807) is 0 Å². The van der Waals surface area contributed by atoms with E-state index >= 15 is 0 Å². The van der Waals surface area contributed by atoms with Crippen molar-refractivity contribution in [2.45, 2.75) is 52.2 Å². The lowest BCUT2D eigenvalue weighted by atomic mass is 9.79. The largest absolute Gasteiger partial charge is 0.504 e. The number of aromatic nitrogens is 1. The third-order valence-electron chi connectivity index (χ3n) is 4.17. The Labute approximate surface area is 126 Å². The molecule has 1 aromatic rings. The van der Waals surface area contributed by atoms with E-state index in [2.05, 4.69) is 10.5 Å². The summed E-state index contributed by atoms with van der Waals surface area (Å²) in [5.41, 5.74) is -0.0478. The van der Waals surface area contributed by atoms with Gasteiger partial charge in [0.2, 0.25) is 0 Å². The number of hydrogen-bond donors (Lipinski definition) is 1. The smallest absolute Gasteiger partial charge is 0.476 e. The Morgan fingerprint density at radius 3 is 2.38 bits per heavy atom. The van der Waals surface area contributed by atoms with Gasteiger partial charge in [-0.05, 0) is 59.8 Å². The fourth-order valence-electron chi connectivity index (χ4n) is 2.11. The topological polar surface area (TPSA) is 65.8 Å². The average molecular weight is 296 g/mol. The molecule has 1 saturated heterocycles. The van der Waals surface area contributed by atoms with Crippen LogP contribution in [0.25, 0.3) is 0 Å². The van der Waals surface area contributed by atoms with Crippen molar-refractivity contribution in [1.82, 2.24) is 10.5 Å². The maximum atomic E-state index is 6.04. The summed E-state index contributed by atoms with van der Waals surface area (Å²) in [4.78, 5) is 0. The first kappa shape index (κ1) is 16.3. The summed E-state index contributed by atoms with van der Waals surface area (Å²) in [5.74, 6) is 1.12. The molecule has 0 atom stereocenters. The zero-order valence-electron chi connectivity index (χ0n) is 13.8. The van der Waals surface area contributed by atoms with Crippen LogP contribution in [0.2, 0.25) is 0 Å². The van der Waals surface area contributed by atoms with E-state index in [1.165, 1.54) is 0 Å². The van der Waals surface area contributed by atoms with E-state index in [4.69, 9.17) is 18.6 Å². The third kappa shape index (κ3) is 3.25. The number of nitrogens with one attached hydrogen (secondary N) is 1. The molecule has 6 nitrogen and oxygen atoms in total. The molecule has 1 fully saturated rings. The van der Waals surface area contributed by atoms with Crippen LogP contribution in [-0.2, 0) is 9.31 Å². The maximum absolute atomic E-state index is 6.04. The highest BCUT2D eigenvalue weighted by Gasteiger charge is 2.53. The van der Waals surface area contributed by atoms with Gasteiger partial charge in [-0.1, -0.05) is 0 Å². The summed E-state index contributed by atoms with van der Waals surface area (Å²) in [6.45, 7) is 11.4. The Bertz CT molecular complexity index is 471. The number of hydrogen-bond acceptors (Lipinski definition) is 6. The standard InChI is InChI=1S/C14H25BN2O4/c1-10-11(12(17-19-10)18-9-7-8-16-6)15-20-13(2,3)14(4,5)21-15/h16H,7-9H2,1-6H3. The highest BCUT2D eigenvalue weighted by atomic mass is 16.7. The molecule has 1 aliphatic heterocycles. The lowest BCUT2D eigenvalue weighted by molar-refractivity contribution is 0.00578. The zero-order chi connectivity index (χ0) is 15.7. The van der Waals surface area contributed by atoms with E-state index in [0.29, 0.717) is 18.2 Å². The van der Waals surface area contributed by atoms with Gasteiger partial charge in [0.05, 0.1) is 23.3 Å². The van der Waals surface area contributed by atoms with Crippen LogP contribution in [0.15, 0.2) is 4.52 Å². The van der Waals surface area contributed by atoms with Gasteiger partial charge in [-0.25, -0.2) is 0 Å². The molecule has 0 aliphatic carbocycles. The quantitative estimate of drug-likeness (QED) is 0.630. The van der Waals surface area contributed by atoms with Crippen LogP contribution >= 0.6 is 0 Å². The van der Waals surface area contributed by atoms with E-state index in [-0.39, 0.29) is 0 Å². The van der Waals surface area contributed by atoms with Crippen molar-refractivity contribution < 1.29 is 18.6 Å². The summed E-state index contributed by atoms with van der Waals surface area (Å²) >= 11 is 0. The van der Waals surface area contributed by atoms with Crippen LogP contribution in [-0.4, -0.2) is 43.7 Å². The van der Waals surface area contributed by atoms with Gasteiger partial charge in [0.25, 0.3) is 5.88 Å². The van der Waals surface area contributed by atoms with Crippen molar-refractivity contribution in [2.24, 2.45) is 0 Å². The second-order valence-corrected chi connectivity index (χ2v) is 6.35. The van der Waals surface area contributed by atoms with Crippen molar-refractivity contribution >= 4 is 12.6 Å². The van der Waals surface area contributed by atoms with Crippen molar-refractivity contribution in [1.29, 1.82) is 0 Å². The van der Waals surface area contributed by atoms with E-state index in [0.717, 1.165) is 18.4 Å². The predicted octanol–water partition coefficient (Wildman–Crippen LogP) is 1.27. The van der Waals surface area contributed by atoms with E-state index < -0.39 is 18.3 Å². The highest BCUT2D eigenvalue weighted by molar-refractivity contribution is 6.63. The first-order chi connectivity index (χ1) is 9.78. The average Bonchev–Trinajstić information content (AvgIpc) is 2.83. The Kier molecular flexibility index (Phi) is 4.65. The number of ether oxygens (including phenoxy) is 1. The van der Waals surface area contributed by atoms with Crippen LogP contribution in [0.1, 0.15) is 39.9 Å². The van der Waals surface area contributed by atoms with Crippen molar-refractivity contribution in [2.75, 3.05) is 20.2 Å². The number of aryl methyl sites for hydroxylation is 1. The Morgan fingerprint density at radius 2 is 1.81 bits per heavy atom. The van der Waals surface area contributed by atoms with Gasteiger partial charge in [0.15, 0.2) is 0 Å². The highest BCUT2D eigenvalue weighted by Crippen LogP contribution is 2.37. The van der Waals surface area contributed by atoms with Gasteiger partial charge in [0, 0.05) is 0 Å². The van der Waals surface area contributed by atoms with Crippen LogP contribution < -0.4 is 15.5 Å². The fourth-order valence-corrected chi connectivity index (χ4v) is 2.11. The number of rotatable bonds is 6. The first-order valence-corrected chi connectivity index (χ1v) is 7.37. The Morgan fingerprint density at radius 1 is 1.19 bits per heavy atom. The van der Waals surface area contributed by atoms with Gasteiger partial charge in [0.1, 0.15) is 5.76 Å². The molecule has 7 heteroatoms. The summed E-state index contributed by atoms with van der Waals surface area (Å²) in [7, 11) is 1.40. The minimum Gasteiger partial charge on any atom is -0.476 e. The molecule has 2 rings (SSSR count). The lowest BCUT2D eigenvalue weighted by Gasteiger charge is -2.32. The monoisotopic (exact) mass is 296 g/mol. The third-order valence-corrected chi connectivity index (χ3v) is 4.17. The predicted molar refractivity (Wildman–Crippen MR) is 81.0 cm³/mol. The van der Waals surface area contributed by atoms with E-state index in [9.17, 15) is 0 Å². The molecule has 0 unspecified atom stereocenters. The SMILES string of the molecule is CNCCCOc1noc(C)c1B1OC(C)(C)C(C)(C)O1. The molecular formula is C14H25BN2O4. The van der Waals surface area contributed by atoms with Gasteiger partial charge >= 0.3 is 7.12 Å². The molecule has 118 valence electrons. The molecule has 1 aromatic heterocycles. The molecule has 2 heterocycles. The maximum Gasteiger partial charge on any atom is 0.504 e. The van der Waals surface area contributed by atoms with Crippen LogP contribution in [0, 0.1) is 6.92 Å². The van der Waals surface area contributed by atoms with Gasteiger partial charge in [-0.15, -0.1) is 0 Å².